The molecule has 0 aliphatic rings. The lowest BCUT2D eigenvalue weighted by Gasteiger charge is -2.16. The number of hydrogen-bond acceptors (Lipinski definition) is 6. The van der Waals surface area contributed by atoms with Gasteiger partial charge in [0, 0.05) is 17.0 Å². The van der Waals surface area contributed by atoms with Crippen molar-refractivity contribution in [2.24, 2.45) is 0 Å². The molecule has 8 heteroatoms. The molecule has 2 heterocycles. The molecule has 0 atom stereocenters. The monoisotopic (exact) mass is 487 g/mol. The summed E-state index contributed by atoms with van der Waals surface area (Å²) in [6.07, 6.45) is 0. The second kappa shape index (κ2) is 9.15. The normalized spacial score (nSPS) is 11.0. The second-order valence-electron chi connectivity index (χ2n) is 7.60. The van der Waals surface area contributed by atoms with Crippen LogP contribution >= 0.6 is 11.8 Å². The second-order valence-corrected chi connectivity index (χ2v) is 8.68. The lowest BCUT2D eigenvalue weighted by atomic mass is 10.1. The number of pyridine rings is 1. The van der Waals surface area contributed by atoms with E-state index in [-0.39, 0.29) is 15.9 Å². The number of benzene rings is 3. The molecule has 0 amide bonds. The number of aromatic nitrogens is 1. The van der Waals surface area contributed by atoms with Crippen LogP contribution in [0.3, 0.4) is 0 Å². The topological polar surface area (TPSA) is 81.7 Å². The summed E-state index contributed by atoms with van der Waals surface area (Å²) in [5.74, 6) is -0.379. The Hall–Kier alpha value is -4.30. The lowest BCUT2D eigenvalue weighted by molar-refractivity contribution is 0.414. The predicted octanol–water partition coefficient (Wildman–Crippen LogP) is 5.62. The molecule has 0 radical (unpaired) electrons. The Balaban J connectivity index is 1.80. The van der Waals surface area contributed by atoms with E-state index in [9.17, 15) is 19.1 Å². The molecular formula is C27H18FNO5S. The van der Waals surface area contributed by atoms with Gasteiger partial charge >= 0.3 is 5.63 Å². The minimum absolute atomic E-state index is 0.0426. The van der Waals surface area contributed by atoms with Gasteiger partial charge in [-0.2, -0.15) is 0 Å². The van der Waals surface area contributed by atoms with E-state index in [2.05, 4.69) is 0 Å². The SMILES string of the molecule is COc1cccc(-n2c(-c3ccccc3)cc3oc(=O)c(Sc4ccc(F)cc4)c(O)c3c2=O)c1. The molecule has 0 unspecified atom stereocenters. The molecule has 0 bridgehead atoms. The van der Waals surface area contributed by atoms with E-state index >= 15 is 0 Å². The number of ether oxygens (including phenoxy) is 1. The molecule has 1 N–H and O–H groups in total. The van der Waals surface area contributed by atoms with Crippen molar-refractivity contribution >= 4 is 22.7 Å². The van der Waals surface area contributed by atoms with Gasteiger partial charge in [0.25, 0.3) is 5.56 Å². The molecule has 2 aromatic heterocycles. The third-order valence-electron chi connectivity index (χ3n) is 5.43. The van der Waals surface area contributed by atoms with Crippen molar-refractivity contribution in [1.82, 2.24) is 4.57 Å². The summed E-state index contributed by atoms with van der Waals surface area (Å²) in [5, 5.41) is 10.9. The number of fused-ring (bicyclic) bond motifs is 1. The van der Waals surface area contributed by atoms with Crippen LogP contribution in [0.15, 0.2) is 109 Å². The Labute approximate surface area is 202 Å². The number of nitrogens with zero attached hydrogens (tertiary/aromatic N) is 1. The van der Waals surface area contributed by atoms with Gasteiger partial charge in [-0.05, 0) is 42.0 Å². The molecular weight excluding hydrogens is 469 g/mol. The van der Waals surface area contributed by atoms with Crippen LogP contribution in [0.4, 0.5) is 4.39 Å². The Morgan fingerprint density at radius 3 is 2.40 bits per heavy atom. The number of aromatic hydroxyl groups is 1. The van der Waals surface area contributed by atoms with Crippen molar-refractivity contribution in [2.75, 3.05) is 7.11 Å². The minimum Gasteiger partial charge on any atom is -0.505 e. The van der Waals surface area contributed by atoms with E-state index in [4.69, 9.17) is 9.15 Å². The molecule has 3 aromatic carbocycles. The molecule has 0 saturated heterocycles. The third-order valence-corrected chi connectivity index (χ3v) is 6.50. The van der Waals surface area contributed by atoms with Crippen molar-refractivity contribution in [3.63, 3.8) is 0 Å². The summed E-state index contributed by atoms with van der Waals surface area (Å²) in [7, 11) is 1.53. The van der Waals surface area contributed by atoms with Crippen molar-refractivity contribution < 1.29 is 18.7 Å². The first-order valence-corrected chi connectivity index (χ1v) is 11.4. The molecule has 0 aliphatic carbocycles. The van der Waals surface area contributed by atoms with Gasteiger partial charge in [-0.15, -0.1) is 0 Å². The molecule has 0 aliphatic heterocycles. The van der Waals surface area contributed by atoms with Crippen LogP contribution in [0, 0.1) is 5.82 Å². The molecule has 35 heavy (non-hydrogen) atoms. The highest BCUT2D eigenvalue weighted by Gasteiger charge is 2.22. The van der Waals surface area contributed by atoms with Gasteiger partial charge in [0.05, 0.1) is 18.5 Å². The van der Waals surface area contributed by atoms with E-state index < -0.39 is 22.8 Å². The number of halogens is 1. The molecule has 5 aromatic rings. The average molecular weight is 488 g/mol. The molecule has 0 fully saturated rings. The first-order chi connectivity index (χ1) is 17.0. The fraction of sp³-hybridized carbons (Fsp3) is 0.0370. The van der Waals surface area contributed by atoms with Gasteiger partial charge in [-0.3, -0.25) is 9.36 Å². The standard InChI is InChI=1S/C27H18FNO5S/c1-33-19-9-5-8-18(14-19)29-21(16-6-3-2-4-7-16)15-22-23(26(29)31)24(30)25(27(32)34-22)35-20-12-10-17(28)11-13-20/h2-15,30H,1H3. The Bertz CT molecular complexity index is 1660. The zero-order valence-corrected chi connectivity index (χ0v) is 19.2. The van der Waals surface area contributed by atoms with Gasteiger partial charge in [0.1, 0.15) is 27.4 Å². The van der Waals surface area contributed by atoms with Crippen molar-refractivity contribution in [2.45, 2.75) is 9.79 Å². The molecule has 0 saturated carbocycles. The van der Waals surface area contributed by atoms with Gasteiger partial charge in [0.15, 0.2) is 5.75 Å². The summed E-state index contributed by atoms with van der Waals surface area (Å²) < 4.78 is 25.6. The van der Waals surface area contributed by atoms with Crippen LogP contribution < -0.4 is 15.9 Å². The van der Waals surface area contributed by atoms with Crippen LogP contribution in [0.1, 0.15) is 0 Å². The van der Waals surface area contributed by atoms with E-state index in [1.165, 1.54) is 35.9 Å². The molecule has 6 nitrogen and oxygen atoms in total. The highest BCUT2D eigenvalue weighted by atomic mass is 32.2. The van der Waals surface area contributed by atoms with Crippen molar-refractivity contribution in [1.29, 1.82) is 0 Å². The minimum atomic E-state index is -0.804. The number of rotatable bonds is 5. The molecule has 174 valence electrons. The average Bonchev–Trinajstić information content (AvgIpc) is 2.87. The molecule has 0 spiro atoms. The van der Waals surface area contributed by atoms with E-state index in [0.29, 0.717) is 27.6 Å². The smallest absolute Gasteiger partial charge is 0.354 e. The van der Waals surface area contributed by atoms with Gasteiger partial charge in [0.2, 0.25) is 0 Å². The Kier molecular flexibility index (Phi) is 5.88. The quantitative estimate of drug-likeness (QED) is 0.347. The maximum Gasteiger partial charge on any atom is 0.354 e. The summed E-state index contributed by atoms with van der Waals surface area (Å²) in [6.45, 7) is 0. The van der Waals surface area contributed by atoms with E-state index in [1.807, 2.05) is 30.3 Å². The summed E-state index contributed by atoms with van der Waals surface area (Å²) in [5.41, 5.74) is 0.269. The van der Waals surface area contributed by atoms with Crippen molar-refractivity contribution in [3.8, 4) is 28.4 Å². The van der Waals surface area contributed by atoms with Crippen molar-refractivity contribution in [3.05, 3.63) is 112 Å². The predicted molar refractivity (Wildman–Crippen MR) is 132 cm³/mol. The highest BCUT2D eigenvalue weighted by Crippen LogP contribution is 2.37. The zero-order chi connectivity index (χ0) is 24.5. The summed E-state index contributed by atoms with van der Waals surface area (Å²) in [4.78, 5) is 27.0. The Morgan fingerprint density at radius 2 is 1.69 bits per heavy atom. The van der Waals surface area contributed by atoms with Crippen LogP contribution in [-0.2, 0) is 0 Å². The molecule has 5 rings (SSSR count). The van der Waals surface area contributed by atoms with Crippen LogP contribution in [0.2, 0.25) is 0 Å². The van der Waals surface area contributed by atoms with E-state index in [0.717, 1.165) is 11.8 Å². The highest BCUT2D eigenvalue weighted by molar-refractivity contribution is 7.99. The first kappa shape index (κ1) is 22.5. The first-order valence-electron chi connectivity index (χ1n) is 10.6. The van der Waals surface area contributed by atoms with Crippen LogP contribution in [-0.4, -0.2) is 16.8 Å². The zero-order valence-electron chi connectivity index (χ0n) is 18.4. The lowest BCUT2D eigenvalue weighted by Crippen LogP contribution is -2.21. The van der Waals surface area contributed by atoms with Gasteiger partial charge in [-0.1, -0.05) is 48.2 Å². The number of methoxy groups -OCH3 is 1. The summed E-state index contributed by atoms with van der Waals surface area (Å²) >= 11 is 0.890. The third kappa shape index (κ3) is 4.20. The van der Waals surface area contributed by atoms with Gasteiger partial charge in [-0.25, -0.2) is 9.18 Å². The van der Waals surface area contributed by atoms with E-state index in [1.54, 1.807) is 30.3 Å². The van der Waals surface area contributed by atoms with Crippen LogP contribution in [0.25, 0.3) is 27.9 Å². The van der Waals surface area contributed by atoms with Gasteiger partial charge < -0.3 is 14.3 Å². The van der Waals surface area contributed by atoms with Crippen LogP contribution in [0.5, 0.6) is 11.5 Å². The fourth-order valence-corrected chi connectivity index (χ4v) is 4.61. The largest absolute Gasteiger partial charge is 0.505 e. The fourth-order valence-electron chi connectivity index (χ4n) is 3.78. The maximum atomic E-state index is 13.8. The Morgan fingerprint density at radius 1 is 0.943 bits per heavy atom. The number of hydrogen-bond donors (Lipinski definition) is 1. The maximum absolute atomic E-state index is 13.8. The summed E-state index contributed by atoms with van der Waals surface area (Å²) in [6, 6.07) is 23.1.